The minimum Gasteiger partial charge on any atom is -0.399 e. The highest BCUT2D eigenvalue weighted by Crippen LogP contribution is 2.29. The number of allylic oxidation sites excluding steroid dienone is 1. The number of hydrogen-bond acceptors (Lipinski definition) is 4. The normalized spacial score (nSPS) is 20.8. The standard InChI is InChI=1S/C24H25N5/c25-19-9-7-17(8-10-19)15-29(16-24-27-22-5-1-2-6-23(22)28-24)20-11-12-21-18(14-20)4-3-13-26-21/h1-10,13-14,20-21H,11-12,15-16,25H2,(H,27,28). The Hall–Kier alpha value is -3.18. The molecule has 3 aromatic rings. The van der Waals surface area contributed by atoms with Gasteiger partial charge in [0.15, 0.2) is 0 Å². The molecular formula is C24H25N5. The maximum Gasteiger partial charge on any atom is 0.121 e. The second-order valence-corrected chi connectivity index (χ2v) is 7.83. The highest BCUT2D eigenvalue weighted by molar-refractivity contribution is 5.75. The summed E-state index contributed by atoms with van der Waals surface area (Å²) < 4.78 is 0. The summed E-state index contributed by atoms with van der Waals surface area (Å²) in [5.41, 5.74) is 11.4. The molecule has 1 aromatic heterocycles. The van der Waals surface area contributed by atoms with Gasteiger partial charge < -0.3 is 10.7 Å². The summed E-state index contributed by atoms with van der Waals surface area (Å²) in [5, 5.41) is 0. The minimum absolute atomic E-state index is 0.320. The number of nitrogens with zero attached hydrogens (tertiary/aromatic N) is 3. The lowest BCUT2D eigenvalue weighted by Gasteiger charge is -2.34. The van der Waals surface area contributed by atoms with Gasteiger partial charge in [0.25, 0.3) is 0 Å². The zero-order chi connectivity index (χ0) is 19.6. The van der Waals surface area contributed by atoms with Crippen LogP contribution in [0.3, 0.4) is 0 Å². The molecule has 0 radical (unpaired) electrons. The number of aliphatic imine (C=N–C) groups is 1. The molecule has 0 spiro atoms. The fourth-order valence-corrected chi connectivity index (χ4v) is 4.26. The summed E-state index contributed by atoms with van der Waals surface area (Å²) in [6.45, 7) is 1.62. The molecule has 0 amide bonds. The first-order chi connectivity index (χ1) is 14.2. The van der Waals surface area contributed by atoms with Gasteiger partial charge in [-0.25, -0.2) is 4.98 Å². The predicted octanol–water partition coefficient (Wildman–Crippen LogP) is 4.25. The van der Waals surface area contributed by atoms with Crippen molar-refractivity contribution in [2.24, 2.45) is 4.99 Å². The van der Waals surface area contributed by atoms with E-state index in [0.29, 0.717) is 12.1 Å². The molecule has 0 fully saturated rings. The number of dihydropyridines is 1. The number of nitrogen functional groups attached to an aromatic ring is 1. The summed E-state index contributed by atoms with van der Waals surface area (Å²) in [5.74, 6) is 0.999. The Morgan fingerprint density at radius 2 is 1.90 bits per heavy atom. The molecule has 2 atom stereocenters. The number of aromatic nitrogens is 2. The Balaban J connectivity index is 1.44. The number of H-pyrrole nitrogens is 1. The number of aromatic amines is 1. The largest absolute Gasteiger partial charge is 0.399 e. The van der Waals surface area contributed by atoms with E-state index < -0.39 is 0 Å². The summed E-state index contributed by atoms with van der Waals surface area (Å²) in [6.07, 6.45) is 10.7. The summed E-state index contributed by atoms with van der Waals surface area (Å²) >= 11 is 0. The Labute approximate surface area is 170 Å². The lowest BCUT2D eigenvalue weighted by Crippen LogP contribution is -2.37. The molecule has 2 aromatic carbocycles. The van der Waals surface area contributed by atoms with Crippen LogP contribution >= 0.6 is 0 Å². The van der Waals surface area contributed by atoms with Gasteiger partial charge in [0.05, 0.1) is 23.6 Å². The van der Waals surface area contributed by atoms with Crippen molar-refractivity contribution in [1.82, 2.24) is 14.9 Å². The number of nitrogens with two attached hydrogens (primary N) is 1. The third-order valence-electron chi connectivity index (χ3n) is 5.77. The van der Waals surface area contributed by atoms with Crippen LogP contribution in [0.4, 0.5) is 5.69 Å². The third-order valence-corrected chi connectivity index (χ3v) is 5.77. The average molecular weight is 383 g/mol. The summed E-state index contributed by atoms with van der Waals surface area (Å²) in [4.78, 5) is 15.4. The van der Waals surface area contributed by atoms with Crippen molar-refractivity contribution >= 4 is 22.9 Å². The van der Waals surface area contributed by atoms with E-state index in [0.717, 1.165) is 48.5 Å². The molecule has 3 N–H and O–H groups in total. The molecule has 0 saturated carbocycles. The smallest absolute Gasteiger partial charge is 0.121 e. The van der Waals surface area contributed by atoms with E-state index in [1.807, 2.05) is 36.6 Å². The predicted molar refractivity (Wildman–Crippen MR) is 119 cm³/mol. The molecule has 1 aliphatic heterocycles. The van der Waals surface area contributed by atoms with Crippen LogP contribution in [0.5, 0.6) is 0 Å². The number of fused-ring (bicyclic) bond motifs is 2. The zero-order valence-corrected chi connectivity index (χ0v) is 16.3. The highest BCUT2D eigenvalue weighted by Gasteiger charge is 2.26. The van der Waals surface area contributed by atoms with Gasteiger partial charge in [0.1, 0.15) is 5.82 Å². The van der Waals surface area contributed by atoms with Crippen molar-refractivity contribution in [1.29, 1.82) is 0 Å². The molecule has 2 aliphatic rings. The first-order valence-corrected chi connectivity index (χ1v) is 10.2. The summed E-state index contributed by atoms with van der Waals surface area (Å²) in [6, 6.07) is 17.1. The molecule has 0 bridgehead atoms. The van der Waals surface area contributed by atoms with Crippen LogP contribution < -0.4 is 5.73 Å². The number of benzene rings is 2. The molecular weight excluding hydrogens is 358 g/mol. The van der Waals surface area contributed by atoms with E-state index >= 15 is 0 Å². The fourth-order valence-electron chi connectivity index (χ4n) is 4.26. The van der Waals surface area contributed by atoms with Crippen molar-refractivity contribution in [3.05, 3.63) is 83.7 Å². The molecule has 2 heterocycles. The number of anilines is 1. The molecule has 29 heavy (non-hydrogen) atoms. The minimum atomic E-state index is 0.320. The quantitative estimate of drug-likeness (QED) is 0.647. The van der Waals surface area contributed by atoms with Crippen LogP contribution in [-0.4, -0.2) is 33.2 Å². The second-order valence-electron chi connectivity index (χ2n) is 7.83. The molecule has 146 valence electrons. The van der Waals surface area contributed by atoms with E-state index in [-0.39, 0.29) is 0 Å². The molecule has 5 heteroatoms. The van der Waals surface area contributed by atoms with Gasteiger partial charge in [-0.3, -0.25) is 9.89 Å². The van der Waals surface area contributed by atoms with Crippen molar-refractivity contribution in [2.45, 2.75) is 38.0 Å². The van der Waals surface area contributed by atoms with Gasteiger partial charge in [-0.15, -0.1) is 0 Å². The monoisotopic (exact) mass is 383 g/mol. The average Bonchev–Trinajstić information content (AvgIpc) is 3.17. The fraction of sp³-hybridized carbons (Fsp3) is 0.250. The number of rotatable bonds is 5. The number of imidazole rings is 1. The third kappa shape index (κ3) is 3.87. The molecule has 5 rings (SSSR count). The van der Waals surface area contributed by atoms with Gasteiger partial charge in [-0.1, -0.05) is 36.4 Å². The Kier molecular flexibility index (Phi) is 4.74. The molecule has 2 unspecified atom stereocenters. The zero-order valence-electron chi connectivity index (χ0n) is 16.3. The van der Waals surface area contributed by atoms with Crippen LogP contribution in [0.15, 0.2) is 77.3 Å². The van der Waals surface area contributed by atoms with Crippen LogP contribution in [0.25, 0.3) is 11.0 Å². The second kappa shape index (κ2) is 7.68. The first kappa shape index (κ1) is 17.9. The number of para-hydroxylation sites is 2. The van der Waals surface area contributed by atoms with Crippen LogP contribution in [0, 0.1) is 0 Å². The van der Waals surface area contributed by atoms with Crippen LogP contribution in [-0.2, 0) is 13.1 Å². The van der Waals surface area contributed by atoms with Gasteiger partial charge in [0.2, 0.25) is 0 Å². The van der Waals surface area contributed by atoms with E-state index in [9.17, 15) is 0 Å². The molecule has 1 aliphatic carbocycles. The van der Waals surface area contributed by atoms with Crippen molar-refractivity contribution in [3.8, 4) is 0 Å². The Bertz CT molecular complexity index is 1060. The SMILES string of the molecule is Nc1ccc(CN(Cc2nc3ccccc3[nH]2)C2C=C3C=CC=NC3CC2)cc1. The molecule has 0 saturated heterocycles. The van der Waals surface area contributed by atoms with E-state index in [1.165, 1.54) is 11.1 Å². The lowest BCUT2D eigenvalue weighted by atomic mass is 9.89. The maximum absolute atomic E-state index is 5.88. The first-order valence-electron chi connectivity index (χ1n) is 10.2. The van der Waals surface area contributed by atoms with Gasteiger partial charge in [-0.2, -0.15) is 0 Å². The van der Waals surface area contributed by atoms with E-state index in [1.54, 1.807) is 0 Å². The van der Waals surface area contributed by atoms with Gasteiger partial charge >= 0.3 is 0 Å². The van der Waals surface area contributed by atoms with Crippen LogP contribution in [0.2, 0.25) is 0 Å². The Morgan fingerprint density at radius 3 is 2.76 bits per heavy atom. The van der Waals surface area contributed by atoms with Crippen molar-refractivity contribution in [3.63, 3.8) is 0 Å². The maximum atomic E-state index is 5.88. The number of hydrogen-bond donors (Lipinski definition) is 2. The van der Waals surface area contributed by atoms with Crippen molar-refractivity contribution in [2.75, 3.05) is 5.73 Å². The van der Waals surface area contributed by atoms with E-state index in [2.05, 4.69) is 51.3 Å². The number of nitrogens with one attached hydrogen (secondary N) is 1. The van der Waals surface area contributed by atoms with Gasteiger partial charge in [0, 0.05) is 24.5 Å². The van der Waals surface area contributed by atoms with E-state index in [4.69, 9.17) is 10.7 Å². The topological polar surface area (TPSA) is 70.3 Å². The lowest BCUT2D eigenvalue weighted by molar-refractivity contribution is 0.188. The van der Waals surface area contributed by atoms with Crippen molar-refractivity contribution < 1.29 is 0 Å². The van der Waals surface area contributed by atoms with Gasteiger partial charge in [-0.05, 0) is 54.3 Å². The Morgan fingerprint density at radius 1 is 1.03 bits per heavy atom. The van der Waals surface area contributed by atoms with Crippen LogP contribution in [0.1, 0.15) is 24.2 Å². The molecule has 5 nitrogen and oxygen atoms in total. The summed E-state index contributed by atoms with van der Waals surface area (Å²) in [7, 11) is 0. The highest BCUT2D eigenvalue weighted by atomic mass is 15.2.